The van der Waals surface area contributed by atoms with E-state index < -0.39 is 12.0 Å². The van der Waals surface area contributed by atoms with Crippen molar-refractivity contribution in [3.05, 3.63) is 34.6 Å². The van der Waals surface area contributed by atoms with Crippen LogP contribution in [0.2, 0.25) is 0 Å². The van der Waals surface area contributed by atoms with Crippen molar-refractivity contribution < 1.29 is 27.4 Å². The average molecular weight is 411 g/mol. The van der Waals surface area contributed by atoms with Crippen molar-refractivity contribution in [1.29, 1.82) is 0 Å². The predicted molar refractivity (Wildman–Crippen MR) is 98.7 cm³/mol. The number of methoxy groups -OCH3 is 3. The largest absolute Gasteiger partial charge is 0.496 e. The molecule has 0 spiro atoms. The fraction of sp³-hybridized carbons (Fsp3) is 0.389. The smallest absolute Gasteiger partial charge is 0.453 e. The third kappa shape index (κ3) is 3.71. The highest BCUT2D eigenvalue weighted by Crippen LogP contribution is 2.35. The Morgan fingerprint density at radius 2 is 1.59 bits per heavy atom. The average Bonchev–Trinajstić information content (AvgIpc) is 3.13. The van der Waals surface area contributed by atoms with Crippen LogP contribution < -0.4 is 19.5 Å². The first-order valence-corrected chi connectivity index (χ1v) is 8.53. The van der Waals surface area contributed by atoms with Crippen molar-refractivity contribution in [3.63, 3.8) is 0 Å². The topological polar surface area (TPSA) is 82.8 Å². The van der Waals surface area contributed by atoms with E-state index in [0.29, 0.717) is 38.5 Å². The SMILES string of the molecule is COc1cc(OC)c(CNc2nn3c(C(F)(F)F)nnc3c(C)c2C)c(OC)c1. The van der Waals surface area contributed by atoms with Gasteiger partial charge in [-0.15, -0.1) is 15.3 Å². The summed E-state index contributed by atoms with van der Waals surface area (Å²) < 4.78 is 56.3. The van der Waals surface area contributed by atoms with Gasteiger partial charge in [0.25, 0.3) is 5.82 Å². The van der Waals surface area contributed by atoms with Crippen molar-refractivity contribution >= 4 is 11.5 Å². The van der Waals surface area contributed by atoms with Crippen molar-refractivity contribution in [2.24, 2.45) is 0 Å². The summed E-state index contributed by atoms with van der Waals surface area (Å²) in [6, 6.07) is 3.38. The Balaban J connectivity index is 2.02. The quantitative estimate of drug-likeness (QED) is 0.666. The first-order valence-electron chi connectivity index (χ1n) is 8.53. The van der Waals surface area contributed by atoms with Gasteiger partial charge in [0.1, 0.15) is 17.2 Å². The Morgan fingerprint density at radius 1 is 0.966 bits per heavy atom. The second-order valence-electron chi connectivity index (χ2n) is 6.22. The summed E-state index contributed by atoms with van der Waals surface area (Å²) in [5.74, 6) is 0.640. The number of anilines is 1. The van der Waals surface area contributed by atoms with Gasteiger partial charge in [0.05, 0.1) is 26.9 Å². The summed E-state index contributed by atoms with van der Waals surface area (Å²) in [6.07, 6.45) is -4.67. The van der Waals surface area contributed by atoms with E-state index in [4.69, 9.17) is 14.2 Å². The Bertz CT molecular complexity index is 1020. The maximum Gasteiger partial charge on any atom is 0.453 e. The number of aromatic nitrogens is 4. The zero-order valence-electron chi connectivity index (χ0n) is 16.5. The number of nitrogens with zero attached hydrogens (tertiary/aromatic N) is 4. The minimum Gasteiger partial charge on any atom is -0.496 e. The number of benzene rings is 1. The van der Waals surface area contributed by atoms with Crippen molar-refractivity contribution in [1.82, 2.24) is 19.8 Å². The molecule has 156 valence electrons. The minimum absolute atomic E-state index is 0.0555. The number of fused-ring (bicyclic) bond motifs is 1. The standard InChI is InChI=1S/C18H20F3N5O3/c1-9-10(2)16-23-24-17(18(19,20)21)26(16)25-15(9)22-8-12-13(28-4)6-11(27-3)7-14(12)29-5/h6-7H,8H2,1-5H3,(H,22,25). The molecule has 0 bridgehead atoms. The zero-order valence-corrected chi connectivity index (χ0v) is 16.5. The Morgan fingerprint density at radius 3 is 2.10 bits per heavy atom. The van der Waals surface area contributed by atoms with Crippen molar-refractivity contribution in [2.45, 2.75) is 26.6 Å². The second kappa shape index (κ2) is 7.64. The van der Waals surface area contributed by atoms with Gasteiger partial charge in [-0.1, -0.05) is 0 Å². The highest BCUT2D eigenvalue weighted by Gasteiger charge is 2.38. The molecule has 0 amide bonds. The molecule has 0 radical (unpaired) electrons. The maximum atomic E-state index is 13.2. The minimum atomic E-state index is -4.67. The molecular formula is C18H20F3N5O3. The summed E-state index contributed by atoms with van der Waals surface area (Å²) in [7, 11) is 4.53. The highest BCUT2D eigenvalue weighted by molar-refractivity contribution is 5.59. The van der Waals surface area contributed by atoms with Crippen LogP contribution in [0.4, 0.5) is 19.0 Å². The van der Waals surface area contributed by atoms with E-state index in [-0.39, 0.29) is 18.0 Å². The van der Waals surface area contributed by atoms with Gasteiger partial charge >= 0.3 is 6.18 Å². The Kier molecular flexibility index (Phi) is 5.40. The molecule has 8 nitrogen and oxygen atoms in total. The van der Waals surface area contributed by atoms with Gasteiger partial charge in [-0.3, -0.25) is 0 Å². The summed E-state index contributed by atoms with van der Waals surface area (Å²) in [5.41, 5.74) is 1.92. The van der Waals surface area contributed by atoms with Crippen LogP contribution in [-0.2, 0) is 12.7 Å². The van der Waals surface area contributed by atoms with E-state index in [0.717, 1.165) is 0 Å². The van der Waals surface area contributed by atoms with Gasteiger partial charge < -0.3 is 19.5 Å². The molecule has 11 heteroatoms. The molecule has 3 rings (SSSR count). The lowest BCUT2D eigenvalue weighted by molar-refractivity contribution is -0.146. The lowest BCUT2D eigenvalue weighted by Gasteiger charge is -2.17. The summed E-state index contributed by atoms with van der Waals surface area (Å²) in [5, 5.41) is 14.0. The molecule has 0 fully saturated rings. The molecule has 0 aliphatic rings. The molecule has 0 unspecified atom stereocenters. The molecule has 29 heavy (non-hydrogen) atoms. The lowest BCUT2D eigenvalue weighted by Crippen LogP contribution is -2.15. The fourth-order valence-corrected chi connectivity index (χ4v) is 2.90. The van der Waals surface area contributed by atoms with E-state index in [1.54, 1.807) is 26.0 Å². The summed E-state index contributed by atoms with van der Waals surface area (Å²) in [4.78, 5) is 0. The van der Waals surface area contributed by atoms with Gasteiger partial charge in [0.2, 0.25) is 0 Å². The second-order valence-corrected chi connectivity index (χ2v) is 6.22. The molecule has 0 aliphatic carbocycles. The van der Waals surface area contributed by atoms with Crippen LogP contribution in [0.25, 0.3) is 5.65 Å². The molecule has 0 atom stereocenters. The molecule has 1 N–H and O–H groups in total. The van der Waals surface area contributed by atoms with E-state index in [1.807, 2.05) is 0 Å². The number of hydrogen-bond acceptors (Lipinski definition) is 7. The molecule has 0 aliphatic heterocycles. The first kappa shape index (κ1) is 20.5. The van der Waals surface area contributed by atoms with Crippen LogP contribution >= 0.6 is 0 Å². The predicted octanol–water partition coefficient (Wildman–Crippen LogP) is 3.40. The molecule has 2 heterocycles. The monoisotopic (exact) mass is 411 g/mol. The molecule has 0 saturated carbocycles. The summed E-state index contributed by atoms with van der Waals surface area (Å²) >= 11 is 0. The van der Waals surface area contributed by atoms with Crippen LogP contribution in [0.15, 0.2) is 12.1 Å². The zero-order chi connectivity index (χ0) is 21.3. The van der Waals surface area contributed by atoms with Crippen LogP contribution in [0, 0.1) is 13.8 Å². The molecule has 2 aromatic heterocycles. The number of ether oxygens (including phenoxy) is 3. The van der Waals surface area contributed by atoms with E-state index in [1.165, 1.54) is 21.3 Å². The molecule has 1 aromatic carbocycles. The summed E-state index contributed by atoms with van der Waals surface area (Å²) in [6.45, 7) is 3.61. The normalized spacial score (nSPS) is 11.6. The number of halogens is 3. The van der Waals surface area contributed by atoms with E-state index in [2.05, 4.69) is 20.6 Å². The van der Waals surface area contributed by atoms with E-state index in [9.17, 15) is 13.2 Å². The first-order chi connectivity index (χ1) is 13.7. The molecule has 0 saturated heterocycles. The molecule has 3 aromatic rings. The van der Waals surface area contributed by atoms with Gasteiger partial charge in [-0.25, -0.2) is 0 Å². The number of rotatable bonds is 6. The van der Waals surface area contributed by atoms with Crippen LogP contribution in [0.1, 0.15) is 22.5 Å². The highest BCUT2D eigenvalue weighted by atomic mass is 19.4. The van der Waals surface area contributed by atoms with Crippen LogP contribution in [0.3, 0.4) is 0 Å². The number of hydrogen-bond donors (Lipinski definition) is 1. The van der Waals surface area contributed by atoms with Crippen LogP contribution in [0.5, 0.6) is 17.2 Å². The third-order valence-electron chi connectivity index (χ3n) is 4.60. The van der Waals surface area contributed by atoms with Gasteiger partial charge in [-0.2, -0.15) is 17.7 Å². The molecular weight excluding hydrogens is 391 g/mol. The fourth-order valence-electron chi connectivity index (χ4n) is 2.90. The van der Waals surface area contributed by atoms with Crippen LogP contribution in [-0.4, -0.2) is 41.1 Å². The number of nitrogens with one attached hydrogen (secondary N) is 1. The van der Waals surface area contributed by atoms with Gasteiger partial charge in [0.15, 0.2) is 11.5 Å². The number of aryl methyl sites for hydroxylation is 1. The number of alkyl halides is 3. The Labute approximate surface area is 164 Å². The van der Waals surface area contributed by atoms with Crippen molar-refractivity contribution in [2.75, 3.05) is 26.6 Å². The Hall–Kier alpha value is -3.24. The third-order valence-corrected chi connectivity index (χ3v) is 4.60. The lowest BCUT2D eigenvalue weighted by atomic mass is 10.1. The van der Waals surface area contributed by atoms with E-state index >= 15 is 0 Å². The maximum absolute atomic E-state index is 13.2. The van der Waals surface area contributed by atoms with Crippen molar-refractivity contribution in [3.8, 4) is 17.2 Å². The van der Waals surface area contributed by atoms with Gasteiger partial charge in [-0.05, 0) is 19.4 Å². The van der Waals surface area contributed by atoms with Gasteiger partial charge in [0, 0.05) is 24.2 Å².